The zero-order valence-electron chi connectivity index (χ0n) is 9.17. The Bertz CT molecular complexity index is 583. The van der Waals surface area contributed by atoms with Gasteiger partial charge < -0.3 is 5.32 Å². The Hall–Kier alpha value is -1.89. The standard InChI is InChI=1S/C11H6ClF4N3/c12-10-17-5-8(11(14,15)16)9(19-10)18-7-3-1-6(13)2-4-7/h1-5H,(H,17,18,19). The SMILES string of the molecule is Fc1ccc(Nc2nc(Cl)ncc2C(F)(F)F)cc1. The van der Waals surface area contributed by atoms with Crippen LogP contribution in [0, 0.1) is 5.82 Å². The van der Waals surface area contributed by atoms with E-state index in [1.807, 2.05) is 0 Å². The van der Waals surface area contributed by atoms with Gasteiger partial charge in [0.2, 0.25) is 5.28 Å². The van der Waals surface area contributed by atoms with E-state index >= 15 is 0 Å². The van der Waals surface area contributed by atoms with Crippen LogP contribution in [0.15, 0.2) is 30.5 Å². The number of hydrogen-bond donors (Lipinski definition) is 1. The maximum atomic E-state index is 12.7. The molecular weight excluding hydrogens is 286 g/mol. The Morgan fingerprint density at radius 3 is 2.32 bits per heavy atom. The molecule has 0 aliphatic carbocycles. The van der Waals surface area contributed by atoms with Gasteiger partial charge >= 0.3 is 6.18 Å². The van der Waals surface area contributed by atoms with E-state index in [0.717, 1.165) is 12.1 Å². The third kappa shape index (κ3) is 3.31. The molecule has 2 aromatic rings. The molecule has 1 heterocycles. The van der Waals surface area contributed by atoms with Gasteiger partial charge in [0.25, 0.3) is 0 Å². The second kappa shape index (κ2) is 5.00. The summed E-state index contributed by atoms with van der Waals surface area (Å²) in [5.41, 5.74) is -0.803. The molecule has 0 saturated heterocycles. The second-order valence-electron chi connectivity index (χ2n) is 3.53. The van der Waals surface area contributed by atoms with E-state index in [1.165, 1.54) is 12.1 Å². The minimum atomic E-state index is -4.62. The smallest absolute Gasteiger partial charge is 0.340 e. The van der Waals surface area contributed by atoms with Crippen LogP contribution in [0.5, 0.6) is 0 Å². The van der Waals surface area contributed by atoms with Crippen LogP contribution in [0.4, 0.5) is 29.1 Å². The summed E-state index contributed by atoms with van der Waals surface area (Å²) in [6.07, 6.45) is -4.03. The average molecular weight is 292 g/mol. The van der Waals surface area contributed by atoms with Gasteiger partial charge in [-0.05, 0) is 35.9 Å². The van der Waals surface area contributed by atoms with Crippen LogP contribution >= 0.6 is 11.6 Å². The topological polar surface area (TPSA) is 37.8 Å². The number of benzene rings is 1. The van der Waals surface area contributed by atoms with Crippen LogP contribution < -0.4 is 5.32 Å². The van der Waals surface area contributed by atoms with E-state index in [9.17, 15) is 17.6 Å². The fourth-order valence-corrected chi connectivity index (χ4v) is 1.47. The van der Waals surface area contributed by atoms with Gasteiger partial charge in [-0.15, -0.1) is 0 Å². The normalized spacial score (nSPS) is 11.4. The number of anilines is 2. The zero-order chi connectivity index (χ0) is 14.0. The lowest BCUT2D eigenvalue weighted by molar-refractivity contribution is -0.137. The molecule has 0 saturated carbocycles. The molecule has 1 aromatic carbocycles. The van der Waals surface area contributed by atoms with Crippen molar-refractivity contribution in [2.45, 2.75) is 6.18 Å². The Morgan fingerprint density at radius 2 is 1.74 bits per heavy atom. The molecule has 19 heavy (non-hydrogen) atoms. The van der Waals surface area contributed by atoms with Gasteiger partial charge in [-0.1, -0.05) is 0 Å². The van der Waals surface area contributed by atoms with Crippen molar-refractivity contribution < 1.29 is 17.6 Å². The highest BCUT2D eigenvalue weighted by molar-refractivity contribution is 6.28. The molecule has 8 heteroatoms. The minimum absolute atomic E-state index is 0.252. The molecule has 100 valence electrons. The summed E-state index contributed by atoms with van der Waals surface area (Å²) in [7, 11) is 0. The van der Waals surface area contributed by atoms with Crippen molar-refractivity contribution in [1.29, 1.82) is 0 Å². The molecule has 0 aliphatic rings. The quantitative estimate of drug-likeness (QED) is 0.670. The molecule has 0 spiro atoms. The highest BCUT2D eigenvalue weighted by atomic mass is 35.5. The summed E-state index contributed by atoms with van der Waals surface area (Å²) in [5, 5.41) is 2.10. The lowest BCUT2D eigenvalue weighted by atomic mass is 10.2. The van der Waals surface area contributed by atoms with Gasteiger partial charge in [-0.3, -0.25) is 0 Å². The largest absolute Gasteiger partial charge is 0.421 e. The lowest BCUT2D eigenvalue weighted by Crippen LogP contribution is -2.11. The average Bonchev–Trinajstić information content (AvgIpc) is 2.30. The molecule has 0 bridgehead atoms. The summed E-state index contributed by atoms with van der Waals surface area (Å²) in [4.78, 5) is 6.78. The fraction of sp³-hybridized carbons (Fsp3) is 0.0909. The van der Waals surface area contributed by atoms with Gasteiger partial charge in [0.1, 0.15) is 17.2 Å². The van der Waals surface area contributed by atoms with E-state index in [4.69, 9.17) is 11.6 Å². The summed E-state index contributed by atoms with van der Waals surface area (Å²) in [6.45, 7) is 0. The first-order chi connectivity index (χ1) is 8.86. The minimum Gasteiger partial charge on any atom is -0.340 e. The molecule has 0 unspecified atom stereocenters. The van der Waals surface area contributed by atoms with E-state index in [-0.39, 0.29) is 11.0 Å². The van der Waals surface area contributed by atoms with Crippen LogP contribution in [-0.4, -0.2) is 9.97 Å². The third-order valence-electron chi connectivity index (χ3n) is 2.17. The van der Waals surface area contributed by atoms with Crippen molar-refractivity contribution in [3.63, 3.8) is 0 Å². The zero-order valence-corrected chi connectivity index (χ0v) is 9.93. The summed E-state index contributed by atoms with van der Waals surface area (Å²) < 4.78 is 50.9. The van der Waals surface area contributed by atoms with Crippen LogP contribution in [0.1, 0.15) is 5.56 Å². The van der Waals surface area contributed by atoms with Crippen LogP contribution in [0.2, 0.25) is 5.28 Å². The molecule has 0 radical (unpaired) electrons. The number of halogens is 5. The van der Waals surface area contributed by atoms with Gasteiger partial charge in [-0.25, -0.2) is 9.37 Å². The summed E-state index contributed by atoms with van der Waals surface area (Å²) >= 11 is 5.47. The van der Waals surface area contributed by atoms with Gasteiger partial charge in [0.15, 0.2) is 0 Å². The first-order valence-corrected chi connectivity index (χ1v) is 5.36. The summed E-state index contributed by atoms with van der Waals surface area (Å²) in [6, 6.07) is 4.79. The molecule has 2 rings (SSSR count). The van der Waals surface area contributed by atoms with Crippen molar-refractivity contribution >= 4 is 23.1 Å². The highest BCUT2D eigenvalue weighted by Gasteiger charge is 2.35. The van der Waals surface area contributed by atoms with Crippen molar-refractivity contribution in [3.05, 3.63) is 47.1 Å². The molecular formula is C11H6ClF4N3. The Labute approximate surface area is 110 Å². The molecule has 1 N–H and O–H groups in total. The van der Waals surface area contributed by atoms with Gasteiger partial charge in [-0.2, -0.15) is 18.2 Å². The lowest BCUT2D eigenvalue weighted by Gasteiger charge is -2.13. The molecule has 0 aliphatic heterocycles. The monoisotopic (exact) mass is 291 g/mol. The maximum absolute atomic E-state index is 12.7. The first kappa shape index (κ1) is 13.5. The number of nitrogens with one attached hydrogen (secondary N) is 1. The van der Waals surface area contributed by atoms with Gasteiger partial charge in [0.05, 0.1) is 0 Å². The Balaban J connectivity index is 2.38. The van der Waals surface area contributed by atoms with Crippen molar-refractivity contribution in [2.24, 2.45) is 0 Å². The van der Waals surface area contributed by atoms with Crippen LogP contribution in [0.25, 0.3) is 0 Å². The number of aromatic nitrogens is 2. The molecule has 0 fully saturated rings. The molecule has 0 atom stereocenters. The van der Waals surface area contributed by atoms with Crippen molar-refractivity contribution in [2.75, 3.05) is 5.32 Å². The van der Waals surface area contributed by atoms with Crippen molar-refractivity contribution in [3.8, 4) is 0 Å². The fourth-order valence-electron chi connectivity index (χ4n) is 1.33. The third-order valence-corrected chi connectivity index (χ3v) is 2.35. The number of alkyl halides is 3. The number of rotatable bonds is 2. The molecule has 0 amide bonds. The van der Waals surface area contributed by atoms with Crippen LogP contribution in [-0.2, 0) is 6.18 Å². The second-order valence-corrected chi connectivity index (χ2v) is 3.87. The predicted octanol–water partition coefficient (Wildman–Crippen LogP) is 4.03. The first-order valence-electron chi connectivity index (χ1n) is 4.98. The van der Waals surface area contributed by atoms with E-state index in [2.05, 4.69) is 15.3 Å². The Kier molecular flexibility index (Phi) is 3.57. The Morgan fingerprint density at radius 1 is 1.11 bits per heavy atom. The molecule has 1 aromatic heterocycles. The predicted molar refractivity (Wildman–Crippen MR) is 61.7 cm³/mol. The highest BCUT2D eigenvalue weighted by Crippen LogP contribution is 2.34. The van der Waals surface area contributed by atoms with Crippen LogP contribution in [0.3, 0.4) is 0 Å². The number of nitrogens with zero attached hydrogens (tertiary/aromatic N) is 2. The van der Waals surface area contributed by atoms with Crippen molar-refractivity contribution in [1.82, 2.24) is 9.97 Å². The van der Waals surface area contributed by atoms with Gasteiger partial charge in [0, 0.05) is 11.9 Å². The van der Waals surface area contributed by atoms with E-state index in [0.29, 0.717) is 6.20 Å². The maximum Gasteiger partial charge on any atom is 0.421 e. The summed E-state index contributed by atoms with van der Waals surface area (Å²) in [5.74, 6) is -0.985. The van der Waals surface area contributed by atoms with E-state index in [1.54, 1.807) is 0 Å². The molecule has 3 nitrogen and oxygen atoms in total. The number of hydrogen-bond acceptors (Lipinski definition) is 3. The van der Waals surface area contributed by atoms with E-state index < -0.39 is 23.4 Å².